The van der Waals surface area contributed by atoms with Crippen molar-refractivity contribution in [2.75, 3.05) is 24.6 Å². The Morgan fingerprint density at radius 2 is 1.10 bits per heavy atom. The van der Waals surface area contributed by atoms with Gasteiger partial charge in [-0.2, -0.15) is 0 Å². The number of hydrogen-bond donors (Lipinski definition) is 2. The molecule has 3 N–H and O–H groups in total. The summed E-state index contributed by atoms with van der Waals surface area (Å²) in [5, 5.41) is 3.91. The molecule has 2 unspecified atom stereocenters. The Morgan fingerprint density at radius 3 is 1.57 bits per heavy atom. The molecule has 2 atom stereocenters. The molecule has 0 radical (unpaired) electrons. The number of nitrogens with zero attached hydrogens (tertiary/aromatic N) is 4. The maximum Gasteiger partial charge on any atom is 0.237 e. The highest BCUT2D eigenvalue weighted by Gasteiger charge is 2.52. The second-order valence-electron chi connectivity index (χ2n) is 15.1. The van der Waals surface area contributed by atoms with Gasteiger partial charge in [0.2, 0.25) is 36.6 Å². The van der Waals surface area contributed by atoms with Gasteiger partial charge in [0.25, 0.3) is 0 Å². The molecule has 2 aliphatic heterocycles. The number of nitrogen functional groups attached to an aromatic ring is 1. The van der Waals surface area contributed by atoms with E-state index in [9.17, 15) is 9.59 Å². The fourth-order valence-corrected chi connectivity index (χ4v) is 7.48. The van der Waals surface area contributed by atoms with Crippen LogP contribution in [0, 0.1) is 0 Å². The number of aromatic nitrogens is 4. The molecule has 2 aromatic heterocycles. The quantitative estimate of drug-likeness (QED) is 0.118. The summed E-state index contributed by atoms with van der Waals surface area (Å²) in [6.07, 6.45) is 5.87. The highest BCUT2D eigenvalue weighted by molar-refractivity contribution is 6.66. The largest absolute Gasteiger partial charge is 0.484 e. The molecule has 6 aromatic rings. The normalized spacial score (nSPS) is 16.1. The van der Waals surface area contributed by atoms with Crippen LogP contribution in [0.3, 0.4) is 0 Å². The van der Waals surface area contributed by atoms with Crippen molar-refractivity contribution in [3.05, 3.63) is 142 Å². The molecule has 4 aromatic carbocycles. The topological polar surface area (TPSA) is 179 Å². The van der Waals surface area contributed by atoms with Crippen LogP contribution in [0.25, 0.3) is 0 Å². The first-order chi connectivity index (χ1) is 30.4. The second kappa shape index (κ2) is 18.6. The van der Waals surface area contributed by atoms with Crippen molar-refractivity contribution in [1.29, 1.82) is 0 Å². The fraction of sp³-hybridized carbons (Fsp3) is 0.261. The molecule has 0 saturated heterocycles. The third-order valence-corrected chi connectivity index (χ3v) is 11.7. The number of benzene rings is 4. The van der Waals surface area contributed by atoms with E-state index in [0.29, 0.717) is 38.7 Å². The van der Waals surface area contributed by atoms with Gasteiger partial charge in [0.05, 0.1) is 22.2 Å². The van der Waals surface area contributed by atoms with Crippen molar-refractivity contribution in [3.63, 3.8) is 0 Å². The van der Waals surface area contributed by atoms with E-state index in [0.717, 1.165) is 54.0 Å². The Labute approximate surface area is 377 Å². The van der Waals surface area contributed by atoms with Gasteiger partial charge in [-0.1, -0.05) is 35.3 Å². The van der Waals surface area contributed by atoms with Crippen molar-refractivity contribution in [1.82, 2.24) is 19.9 Å². The van der Waals surface area contributed by atoms with E-state index < -0.39 is 10.8 Å². The molecule has 2 aliphatic carbocycles. The third kappa shape index (κ3) is 10.1. The number of nitrogens with one attached hydrogen (secondary N) is 1. The number of rotatable bonds is 11. The number of ether oxygens (including phenoxy) is 6. The highest BCUT2D eigenvalue weighted by Crippen LogP contribution is 2.52. The lowest BCUT2D eigenvalue weighted by molar-refractivity contribution is -0.118. The van der Waals surface area contributed by atoms with E-state index in [4.69, 9.17) is 69.0 Å². The molecule has 14 nitrogen and oxygen atoms in total. The molecular formula is C46H41Cl3N6O8. The van der Waals surface area contributed by atoms with Gasteiger partial charge in [-0.15, -0.1) is 0 Å². The Balaban J connectivity index is 0.000000143. The average molecular weight is 912 g/mol. The number of hydrogen-bond acceptors (Lipinski definition) is 13. The minimum Gasteiger partial charge on any atom is -0.484 e. The summed E-state index contributed by atoms with van der Waals surface area (Å²) in [5.74, 6) is 4.59. The molecule has 2 fully saturated rings. The molecule has 63 heavy (non-hydrogen) atoms. The third-order valence-electron chi connectivity index (χ3n) is 10.8. The smallest absolute Gasteiger partial charge is 0.237 e. The van der Waals surface area contributed by atoms with E-state index >= 15 is 0 Å². The molecule has 17 heteroatoms. The number of amides is 1. The van der Waals surface area contributed by atoms with Crippen LogP contribution >= 0.6 is 34.8 Å². The summed E-state index contributed by atoms with van der Waals surface area (Å²) in [5.41, 5.74) is 7.71. The van der Waals surface area contributed by atoms with Gasteiger partial charge in [0.1, 0.15) is 23.7 Å². The molecule has 1 amide bonds. The van der Waals surface area contributed by atoms with Gasteiger partial charge in [0.15, 0.2) is 23.0 Å². The first-order valence-corrected chi connectivity index (χ1v) is 21.1. The van der Waals surface area contributed by atoms with Crippen molar-refractivity contribution < 1.29 is 38.0 Å². The standard InChI is InChI=1S/C23H20ClN3O4.C12H12ClN3O.C11H9ClO3/c1-14(31-17-5-3-16(24)4-6-17)18-8-11-25-22(26-18)27-21(28)23(9-10-23)15-2-7-19-20(12-15)30-13-29-19;1-8(11-6-7-15-12(14)16-11)17-10-4-2-9(13)3-5-10;12-10(13)11(3-4-11)7-1-2-8-9(5-7)15-6-14-8/h2-8,11-12,14H,9-10,13H2,1H3,(H,25,26,27,28);2-8H,1H3,(H2,14,15,16);1-2,5H,3-4,6H2. The minimum atomic E-state index is -0.592. The lowest BCUT2D eigenvalue weighted by atomic mass is 9.94. The predicted molar refractivity (Wildman–Crippen MR) is 236 cm³/mol. The molecule has 4 heterocycles. The van der Waals surface area contributed by atoms with Crippen LogP contribution in [-0.4, -0.2) is 44.7 Å². The van der Waals surface area contributed by atoms with Gasteiger partial charge in [0, 0.05) is 22.4 Å². The maximum absolute atomic E-state index is 13.1. The van der Waals surface area contributed by atoms with E-state index in [1.165, 1.54) is 0 Å². The molecule has 0 bridgehead atoms. The van der Waals surface area contributed by atoms with Gasteiger partial charge in [-0.05, 0) is 147 Å². The number of fused-ring (bicyclic) bond motifs is 2. The average Bonchev–Trinajstić information content (AvgIpc) is 4.18. The van der Waals surface area contributed by atoms with E-state index in [2.05, 4.69) is 25.3 Å². The van der Waals surface area contributed by atoms with Crippen LogP contribution in [-0.2, 0) is 20.4 Å². The lowest BCUT2D eigenvalue weighted by Gasteiger charge is -2.17. The zero-order chi connectivity index (χ0) is 44.1. The number of carbonyl (C=O) groups is 2. The van der Waals surface area contributed by atoms with Crippen LogP contribution in [0.15, 0.2) is 109 Å². The highest BCUT2D eigenvalue weighted by atomic mass is 35.5. The van der Waals surface area contributed by atoms with Crippen LogP contribution < -0.4 is 39.5 Å². The number of nitrogens with two attached hydrogens (primary N) is 1. The van der Waals surface area contributed by atoms with Gasteiger partial charge < -0.3 is 34.2 Å². The summed E-state index contributed by atoms with van der Waals surface area (Å²) in [4.78, 5) is 41.0. The maximum atomic E-state index is 13.1. The zero-order valence-electron chi connectivity index (χ0n) is 34.1. The van der Waals surface area contributed by atoms with Crippen molar-refractivity contribution in [2.24, 2.45) is 0 Å². The Hall–Kier alpha value is -6.35. The molecule has 0 spiro atoms. The molecule has 10 rings (SSSR count). The lowest BCUT2D eigenvalue weighted by Crippen LogP contribution is -2.28. The van der Waals surface area contributed by atoms with Crippen molar-refractivity contribution in [3.8, 4) is 34.5 Å². The monoisotopic (exact) mass is 910 g/mol. The van der Waals surface area contributed by atoms with Crippen molar-refractivity contribution >= 4 is 57.8 Å². The summed E-state index contributed by atoms with van der Waals surface area (Å²) in [6, 6.07) is 29.1. The predicted octanol–water partition coefficient (Wildman–Crippen LogP) is 9.73. The summed E-state index contributed by atoms with van der Waals surface area (Å²) in [6.45, 7) is 4.24. The minimum absolute atomic E-state index is 0.130. The van der Waals surface area contributed by atoms with Crippen LogP contribution in [0.1, 0.15) is 74.3 Å². The first kappa shape index (κ1) is 43.3. The molecule has 4 aliphatic rings. The van der Waals surface area contributed by atoms with Crippen LogP contribution in [0.4, 0.5) is 11.9 Å². The summed E-state index contributed by atoms with van der Waals surface area (Å²) >= 11 is 17.3. The zero-order valence-corrected chi connectivity index (χ0v) is 36.3. The van der Waals surface area contributed by atoms with Crippen LogP contribution in [0.2, 0.25) is 10.0 Å². The van der Waals surface area contributed by atoms with Crippen LogP contribution in [0.5, 0.6) is 34.5 Å². The SMILES string of the molecule is CC(Oc1ccc(Cl)cc1)c1ccnc(N)n1.CC(Oc1ccc(Cl)cc1)c1ccnc(NC(=O)C2(c3ccc4c(c3)OCO4)CC2)n1.O=C(Cl)C1(c2ccc3c(c2)OCO3)CC1. The Morgan fingerprint density at radius 1 is 0.635 bits per heavy atom. The summed E-state index contributed by atoms with van der Waals surface area (Å²) < 4.78 is 32.9. The number of carbonyl (C=O) groups excluding carboxylic acids is 2. The van der Waals surface area contributed by atoms with E-state index in [1.807, 2.05) is 62.4 Å². The first-order valence-electron chi connectivity index (χ1n) is 20.0. The summed E-state index contributed by atoms with van der Waals surface area (Å²) in [7, 11) is 0. The van der Waals surface area contributed by atoms with E-state index in [1.54, 1.807) is 60.9 Å². The number of halogens is 3. The fourth-order valence-electron chi connectivity index (χ4n) is 6.93. The molecular weight excluding hydrogens is 871 g/mol. The van der Waals surface area contributed by atoms with Crippen molar-refractivity contribution in [2.45, 2.75) is 62.6 Å². The number of anilines is 2. The molecule has 2 saturated carbocycles. The van der Waals surface area contributed by atoms with E-state index in [-0.39, 0.29) is 48.8 Å². The Kier molecular flexibility index (Phi) is 12.8. The van der Waals surface area contributed by atoms with Gasteiger partial charge in [-0.3, -0.25) is 14.9 Å². The van der Waals surface area contributed by atoms with Gasteiger partial charge >= 0.3 is 0 Å². The second-order valence-corrected chi connectivity index (χ2v) is 16.3. The Bertz CT molecular complexity index is 2610. The molecule has 324 valence electrons. The van der Waals surface area contributed by atoms with Gasteiger partial charge in [-0.25, -0.2) is 19.9 Å².